The third-order valence-corrected chi connectivity index (χ3v) is 1.98. The first-order valence-corrected chi connectivity index (χ1v) is 5.26. The van der Waals surface area contributed by atoms with Crippen molar-refractivity contribution in [1.29, 1.82) is 0 Å². The second kappa shape index (κ2) is 9.68. The van der Waals surface area contributed by atoms with Crippen molar-refractivity contribution in [2.45, 2.75) is 26.2 Å². The molecule has 0 heterocycles. The van der Waals surface area contributed by atoms with Gasteiger partial charge in [0.25, 0.3) is 0 Å². The molecule has 0 spiro atoms. The van der Waals surface area contributed by atoms with Crippen LogP contribution in [0.1, 0.15) is 26.2 Å². The molecule has 0 fully saturated rings. The van der Waals surface area contributed by atoms with E-state index < -0.39 is 5.97 Å². The molecule has 0 rings (SSSR count). The number of carboxylic acids is 1. The summed E-state index contributed by atoms with van der Waals surface area (Å²) in [6.07, 6.45) is 4.56. The van der Waals surface area contributed by atoms with E-state index in [1.807, 2.05) is 6.92 Å². The monoisotopic (exact) mass is 215 g/mol. The van der Waals surface area contributed by atoms with Crippen LogP contribution in [0.3, 0.4) is 0 Å². The number of carboxylic acid groups (broad SMARTS) is 1. The minimum absolute atomic E-state index is 0.649. The van der Waals surface area contributed by atoms with E-state index in [2.05, 4.69) is 5.32 Å². The molecule has 2 N–H and O–H groups in total. The Bertz CT molecular complexity index is 202. The molecular formula is C11H21NO3. The molecule has 15 heavy (non-hydrogen) atoms. The Morgan fingerprint density at radius 3 is 2.73 bits per heavy atom. The van der Waals surface area contributed by atoms with Gasteiger partial charge in [-0.2, -0.15) is 0 Å². The Labute approximate surface area is 91.3 Å². The molecule has 0 aliphatic rings. The van der Waals surface area contributed by atoms with Gasteiger partial charge in [0.1, 0.15) is 0 Å². The Kier molecular flexibility index (Phi) is 9.11. The van der Waals surface area contributed by atoms with Crippen LogP contribution in [0.2, 0.25) is 0 Å². The molecule has 0 bridgehead atoms. The summed E-state index contributed by atoms with van der Waals surface area (Å²) in [6.45, 7) is 4.20. The van der Waals surface area contributed by atoms with Crippen LogP contribution in [-0.4, -0.2) is 37.9 Å². The summed E-state index contributed by atoms with van der Waals surface area (Å²) in [6, 6.07) is 0. The molecule has 0 aromatic rings. The van der Waals surface area contributed by atoms with Crippen LogP contribution in [0.5, 0.6) is 0 Å². The predicted molar refractivity (Wildman–Crippen MR) is 60.0 cm³/mol. The molecule has 0 atom stereocenters. The molecule has 0 unspecified atom stereocenters. The summed E-state index contributed by atoms with van der Waals surface area (Å²) < 4.78 is 4.94. The van der Waals surface area contributed by atoms with Crippen LogP contribution in [0.25, 0.3) is 0 Å². The zero-order valence-electron chi connectivity index (χ0n) is 9.58. The average Bonchev–Trinajstić information content (AvgIpc) is 2.15. The van der Waals surface area contributed by atoms with Gasteiger partial charge in [-0.25, -0.2) is 4.79 Å². The van der Waals surface area contributed by atoms with Crippen LogP contribution in [0.4, 0.5) is 0 Å². The minimum atomic E-state index is -0.880. The maximum atomic E-state index is 10.3. The van der Waals surface area contributed by atoms with Crippen LogP contribution < -0.4 is 5.32 Å². The third kappa shape index (κ3) is 11.1. The summed E-state index contributed by atoms with van der Waals surface area (Å²) in [5.74, 6) is -0.880. The van der Waals surface area contributed by atoms with Crippen LogP contribution >= 0.6 is 0 Å². The molecule has 88 valence electrons. The van der Waals surface area contributed by atoms with Crippen LogP contribution in [0, 0.1) is 0 Å². The molecule has 0 saturated heterocycles. The molecule has 0 amide bonds. The number of ether oxygens (including phenoxy) is 1. The van der Waals surface area contributed by atoms with Gasteiger partial charge in [-0.1, -0.05) is 5.57 Å². The van der Waals surface area contributed by atoms with Crippen LogP contribution in [-0.2, 0) is 9.53 Å². The topological polar surface area (TPSA) is 58.6 Å². The predicted octanol–water partition coefficient (Wildman–Crippen LogP) is 1.42. The number of hydrogen-bond acceptors (Lipinski definition) is 3. The number of nitrogens with one attached hydrogen (secondary N) is 1. The number of unbranched alkanes of at least 4 members (excludes halogenated alkanes) is 2. The van der Waals surface area contributed by atoms with Crippen molar-refractivity contribution in [3.05, 3.63) is 11.6 Å². The van der Waals surface area contributed by atoms with Gasteiger partial charge >= 0.3 is 5.97 Å². The number of methoxy groups -OCH3 is 1. The van der Waals surface area contributed by atoms with Gasteiger partial charge in [-0.15, -0.1) is 0 Å². The fourth-order valence-electron chi connectivity index (χ4n) is 1.22. The molecule has 0 aliphatic heterocycles. The smallest absolute Gasteiger partial charge is 0.328 e. The van der Waals surface area contributed by atoms with Gasteiger partial charge in [0.05, 0.1) is 0 Å². The molecular weight excluding hydrogens is 194 g/mol. The highest BCUT2D eigenvalue weighted by atomic mass is 16.5. The maximum absolute atomic E-state index is 10.3. The van der Waals surface area contributed by atoms with E-state index in [-0.39, 0.29) is 0 Å². The third-order valence-electron chi connectivity index (χ3n) is 1.98. The Hall–Kier alpha value is -0.870. The van der Waals surface area contributed by atoms with Gasteiger partial charge in [0.15, 0.2) is 0 Å². The molecule has 0 aliphatic carbocycles. The van der Waals surface area contributed by atoms with E-state index in [1.54, 1.807) is 7.11 Å². The fourth-order valence-corrected chi connectivity index (χ4v) is 1.22. The first-order valence-electron chi connectivity index (χ1n) is 5.26. The molecule has 0 aromatic heterocycles. The van der Waals surface area contributed by atoms with Gasteiger partial charge in [-0.05, 0) is 32.7 Å². The lowest BCUT2D eigenvalue weighted by Gasteiger charge is -2.04. The zero-order valence-corrected chi connectivity index (χ0v) is 9.58. The number of aliphatic carboxylic acids is 1. The summed E-state index contributed by atoms with van der Waals surface area (Å²) in [7, 11) is 1.71. The van der Waals surface area contributed by atoms with Crippen molar-refractivity contribution in [3.8, 4) is 0 Å². The largest absolute Gasteiger partial charge is 0.478 e. The lowest BCUT2D eigenvalue weighted by Crippen LogP contribution is -2.18. The number of hydrogen-bond donors (Lipinski definition) is 2. The Balaban J connectivity index is 3.27. The number of rotatable bonds is 9. The summed E-state index contributed by atoms with van der Waals surface area (Å²) in [5.41, 5.74) is 0.847. The molecule has 0 radical (unpaired) electrons. The fraction of sp³-hybridized carbons (Fsp3) is 0.727. The second-order valence-corrected chi connectivity index (χ2v) is 3.56. The van der Waals surface area contributed by atoms with Crippen molar-refractivity contribution >= 4 is 5.97 Å². The van der Waals surface area contributed by atoms with Gasteiger partial charge in [0, 0.05) is 26.3 Å². The highest BCUT2D eigenvalue weighted by Crippen LogP contribution is 1.95. The summed E-state index contributed by atoms with van der Waals surface area (Å²) in [4.78, 5) is 10.3. The van der Waals surface area contributed by atoms with Crippen molar-refractivity contribution in [2.24, 2.45) is 0 Å². The van der Waals surface area contributed by atoms with Gasteiger partial charge in [0.2, 0.25) is 0 Å². The number of carbonyl (C=O) groups is 1. The Morgan fingerprint density at radius 2 is 2.13 bits per heavy atom. The highest BCUT2D eigenvalue weighted by molar-refractivity contribution is 5.80. The molecule has 4 heteroatoms. The van der Waals surface area contributed by atoms with E-state index in [0.717, 1.165) is 38.0 Å². The lowest BCUT2D eigenvalue weighted by atomic mass is 10.2. The second-order valence-electron chi connectivity index (χ2n) is 3.56. The van der Waals surface area contributed by atoms with E-state index in [0.29, 0.717) is 6.54 Å². The summed E-state index contributed by atoms with van der Waals surface area (Å²) >= 11 is 0. The average molecular weight is 215 g/mol. The normalized spacial score (nSPS) is 11.7. The zero-order chi connectivity index (χ0) is 11.5. The quantitative estimate of drug-likeness (QED) is 0.451. The van der Waals surface area contributed by atoms with Crippen molar-refractivity contribution < 1.29 is 14.6 Å². The van der Waals surface area contributed by atoms with Gasteiger partial charge in [-0.3, -0.25) is 0 Å². The SMILES string of the molecule is COCCCCCNCC(C)=CC(=O)O. The maximum Gasteiger partial charge on any atom is 0.328 e. The lowest BCUT2D eigenvalue weighted by molar-refractivity contribution is -0.131. The first kappa shape index (κ1) is 14.1. The van der Waals surface area contributed by atoms with Gasteiger partial charge < -0.3 is 15.2 Å². The minimum Gasteiger partial charge on any atom is -0.478 e. The molecule has 4 nitrogen and oxygen atoms in total. The molecule has 0 saturated carbocycles. The first-order chi connectivity index (χ1) is 7.16. The van der Waals surface area contributed by atoms with E-state index in [4.69, 9.17) is 9.84 Å². The van der Waals surface area contributed by atoms with Crippen molar-refractivity contribution in [1.82, 2.24) is 5.32 Å². The van der Waals surface area contributed by atoms with E-state index in [9.17, 15) is 4.79 Å². The van der Waals surface area contributed by atoms with Crippen LogP contribution in [0.15, 0.2) is 11.6 Å². The van der Waals surface area contributed by atoms with E-state index in [1.165, 1.54) is 6.08 Å². The highest BCUT2D eigenvalue weighted by Gasteiger charge is 1.94. The standard InChI is InChI=1S/C11H21NO3/c1-10(8-11(13)14)9-12-6-4-3-5-7-15-2/h8,12H,3-7,9H2,1-2H3,(H,13,14). The molecule has 0 aromatic carbocycles. The summed E-state index contributed by atoms with van der Waals surface area (Å²) in [5, 5.41) is 11.7. The van der Waals surface area contributed by atoms with Crippen molar-refractivity contribution in [3.63, 3.8) is 0 Å². The Morgan fingerprint density at radius 1 is 1.40 bits per heavy atom. The van der Waals surface area contributed by atoms with E-state index >= 15 is 0 Å². The van der Waals surface area contributed by atoms with Crippen molar-refractivity contribution in [2.75, 3.05) is 26.8 Å².